The summed E-state index contributed by atoms with van der Waals surface area (Å²) in [6, 6.07) is 13.8. The number of rotatable bonds is 7. The second-order valence-electron chi connectivity index (χ2n) is 9.98. The van der Waals surface area contributed by atoms with Crippen LogP contribution in [0.15, 0.2) is 59.7 Å². The highest BCUT2D eigenvalue weighted by Gasteiger charge is 2.37. The molecule has 208 valence electrons. The molecule has 8 nitrogen and oxygen atoms in total. The summed E-state index contributed by atoms with van der Waals surface area (Å²) >= 11 is 6.23. The molecule has 9 heteroatoms. The lowest BCUT2D eigenvalue weighted by Crippen LogP contribution is -2.28. The molecule has 1 atom stereocenters. The summed E-state index contributed by atoms with van der Waals surface area (Å²) in [6.45, 7) is 3.97. The molecule has 0 radical (unpaired) electrons. The van der Waals surface area contributed by atoms with Gasteiger partial charge >= 0.3 is 0 Å². The van der Waals surface area contributed by atoms with E-state index in [1.165, 1.54) is 5.01 Å². The lowest BCUT2D eigenvalue weighted by atomic mass is 9.93. The van der Waals surface area contributed by atoms with Gasteiger partial charge in [0, 0.05) is 22.6 Å². The molecule has 0 spiro atoms. The number of hydrazone groups is 1. The molecule has 0 fully saturated rings. The fourth-order valence-corrected chi connectivity index (χ4v) is 5.19. The molecule has 0 saturated carbocycles. The van der Waals surface area contributed by atoms with Crippen molar-refractivity contribution in [1.29, 1.82) is 0 Å². The Bertz CT molecular complexity index is 1510. The normalized spacial score (nSPS) is 17.0. The first-order valence-corrected chi connectivity index (χ1v) is 13.1. The van der Waals surface area contributed by atoms with E-state index in [1.807, 2.05) is 50.3 Å². The van der Waals surface area contributed by atoms with Gasteiger partial charge in [-0.15, -0.1) is 0 Å². The van der Waals surface area contributed by atoms with Gasteiger partial charge in [-0.1, -0.05) is 17.7 Å². The molecule has 2 aliphatic rings. The van der Waals surface area contributed by atoms with Gasteiger partial charge in [0.05, 0.1) is 45.8 Å². The minimum Gasteiger partial charge on any atom is -0.496 e. The number of fused-ring (bicyclic) bond motifs is 1. The molecule has 0 aliphatic carbocycles. The zero-order valence-electron chi connectivity index (χ0n) is 23.3. The molecule has 5 rings (SSSR count). The molecular formula is C31H31ClN2O6. The van der Waals surface area contributed by atoms with Gasteiger partial charge in [-0.05, 0) is 74.0 Å². The van der Waals surface area contributed by atoms with E-state index < -0.39 is 11.6 Å². The predicted molar refractivity (Wildman–Crippen MR) is 154 cm³/mol. The van der Waals surface area contributed by atoms with E-state index in [4.69, 9.17) is 40.4 Å². The average Bonchev–Trinajstić information content (AvgIpc) is 3.40. The van der Waals surface area contributed by atoms with Crippen molar-refractivity contribution in [2.24, 2.45) is 5.10 Å². The number of methoxy groups -OCH3 is 4. The Kier molecular flexibility index (Phi) is 7.38. The first kappa shape index (κ1) is 27.4. The van der Waals surface area contributed by atoms with Gasteiger partial charge in [0.25, 0.3) is 5.91 Å². The summed E-state index contributed by atoms with van der Waals surface area (Å²) in [4.78, 5) is 13.9. The summed E-state index contributed by atoms with van der Waals surface area (Å²) in [5.41, 5.74) is 2.97. The van der Waals surface area contributed by atoms with Crippen LogP contribution in [0.5, 0.6) is 28.7 Å². The number of hydrogen-bond acceptors (Lipinski definition) is 7. The minimum absolute atomic E-state index is 0.292. The van der Waals surface area contributed by atoms with E-state index in [0.29, 0.717) is 51.5 Å². The fraction of sp³-hybridized carbons (Fsp3) is 0.290. The highest BCUT2D eigenvalue weighted by Crippen LogP contribution is 2.46. The molecular weight excluding hydrogens is 532 g/mol. The summed E-state index contributed by atoms with van der Waals surface area (Å²) in [7, 11) is 6.29. The van der Waals surface area contributed by atoms with Crippen LogP contribution >= 0.6 is 11.6 Å². The lowest BCUT2D eigenvalue weighted by Gasteiger charge is -2.30. The molecule has 1 amide bonds. The molecule has 2 aliphatic heterocycles. The Hall–Kier alpha value is -4.17. The van der Waals surface area contributed by atoms with Crippen molar-refractivity contribution in [3.05, 3.63) is 81.9 Å². The Morgan fingerprint density at radius 2 is 1.68 bits per heavy atom. The van der Waals surface area contributed by atoms with Crippen LogP contribution < -0.4 is 23.7 Å². The van der Waals surface area contributed by atoms with Crippen LogP contribution in [0.2, 0.25) is 5.02 Å². The van der Waals surface area contributed by atoms with Crippen LogP contribution in [-0.4, -0.2) is 50.7 Å². The second-order valence-corrected chi connectivity index (χ2v) is 10.4. The van der Waals surface area contributed by atoms with E-state index in [0.717, 1.165) is 16.7 Å². The van der Waals surface area contributed by atoms with Crippen molar-refractivity contribution >= 4 is 29.3 Å². The first-order valence-electron chi connectivity index (χ1n) is 12.8. The predicted octanol–water partition coefficient (Wildman–Crippen LogP) is 6.55. The molecule has 0 aromatic heterocycles. The molecule has 0 bridgehead atoms. The molecule has 3 aromatic carbocycles. The highest BCUT2D eigenvalue weighted by molar-refractivity contribution is 6.31. The maximum absolute atomic E-state index is 13.9. The number of ether oxygens (including phenoxy) is 5. The zero-order chi connectivity index (χ0) is 28.6. The Balaban J connectivity index is 1.65. The van der Waals surface area contributed by atoms with Crippen LogP contribution in [0.25, 0.3) is 6.08 Å². The number of halogens is 1. The highest BCUT2D eigenvalue weighted by atomic mass is 35.5. The third kappa shape index (κ3) is 4.95. The van der Waals surface area contributed by atoms with Crippen molar-refractivity contribution in [2.75, 3.05) is 28.4 Å². The van der Waals surface area contributed by atoms with Gasteiger partial charge in [0.2, 0.25) is 5.75 Å². The number of benzene rings is 3. The van der Waals surface area contributed by atoms with Gasteiger partial charge in [-0.25, -0.2) is 5.01 Å². The summed E-state index contributed by atoms with van der Waals surface area (Å²) < 4.78 is 28.8. The zero-order valence-corrected chi connectivity index (χ0v) is 24.0. The van der Waals surface area contributed by atoms with Crippen LogP contribution in [0, 0.1) is 0 Å². The van der Waals surface area contributed by atoms with E-state index in [-0.39, 0.29) is 5.91 Å². The van der Waals surface area contributed by atoms with Crippen molar-refractivity contribution < 1.29 is 28.5 Å². The number of amides is 1. The monoisotopic (exact) mass is 562 g/mol. The summed E-state index contributed by atoms with van der Waals surface area (Å²) in [6.07, 6.45) is 4.41. The molecule has 0 saturated heterocycles. The summed E-state index contributed by atoms with van der Waals surface area (Å²) in [5.74, 6) is 2.49. The van der Waals surface area contributed by atoms with Crippen molar-refractivity contribution in [2.45, 2.75) is 31.9 Å². The number of nitrogens with zero attached hydrogens (tertiary/aromatic N) is 2. The van der Waals surface area contributed by atoms with E-state index in [2.05, 4.69) is 0 Å². The molecule has 3 aromatic rings. The van der Waals surface area contributed by atoms with Gasteiger partial charge in [0.15, 0.2) is 11.5 Å². The lowest BCUT2D eigenvalue weighted by molar-refractivity contribution is 0.0710. The topological polar surface area (TPSA) is 78.8 Å². The van der Waals surface area contributed by atoms with Crippen molar-refractivity contribution in [3.8, 4) is 28.7 Å². The number of carbonyl (C=O) groups is 1. The van der Waals surface area contributed by atoms with E-state index >= 15 is 0 Å². The molecule has 40 heavy (non-hydrogen) atoms. The van der Waals surface area contributed by atoms with Crippen molar-refractivity contribution in [1.82, 2.24) is 5.01 Å². The maximum atomic E-state index is 13.9. The van der Waals surface area contributed by atoms with Gasteiger partial charge in [0.1, 0.15) is 17.1 Å². The Labute approximate surface area is 238 Å². The molecule has 1 unspecified atom stereocenters. The average molecular weight is 563 g/mol. The van der Waals surface area contributed by atoms with Gasteiger partial charge in [-0.3, -0.25) is 4.79 Å². The maximum Gasteiger partial charge on any atom is 0.274 e. The standard InChI is InChI=1S/C31H31ClN2O6/c1-31(2)13-12-22-25(36-3)11-10-21(28(22)40-31)23-17-24(19-15-26(37-4)29(39-6)27(16-19)38-5)34(33-23)30(35)18-8-7-9-20(32)14-18/h7-16,24H,17H2,1-6H3. The third-order valence-electron chi connectivity index (χ3n) is 6.97. The number of hydrogen-bond donors (Lipinski definition) is 0. The van der Waals surface area contributed by atoms with Crippen molar-refractivity contribution in [3.63, 3.8) is 0 Å². The van der Waals surface area contributed by atoms with Crippen LogP contribution in [0.4, 0.5) is 0 Å². The first-order chi connectivity index (χ1) is 19.2. The largest absolute Gasteiger partial charge is 0.496 e. The Morgan fingerprint density at radius 3 is 2.30 bits per heavy atom. The molecule has 0 N–H and O–H groups in total. The van der Waals surface area contributed by atoms with Crippen LogP contribution in [-0.2, 0) is 0 Å². The second kappa shape index (κ2) is 10.8. The quantitative estimate of drug-likeness (QED) is 0.325. The summed E-state index contributed by atoms with van der Waals surface area (Å²) in [5, 5.41) is 6.84. The smallest absolute Gasteiger partial charge is 0.274 e. The van der Waals surface area contributed by atoms with Gasteiger partial charge < -0.3 is 23.7 Å². The van der Waals surface area contributed by atoms with Crippen LogP contribution in [0.3, 0.4) is 0 Å². The fourth-order valence-electron chi connectivity index (χ4n) is 5.00. The Morgan fingerprint density at radius 1 is 0.975 bits per heavy atom. The SMILES string of the molecule is COc1ccc(C2=NN(C(=O)c3cccc(Cl)c3)C(c3cc(OC)c(OC)c(OC)c3)C2)c2c1C=CC(C)(C)O2. The third-order valence-corrected chi connectivity index (χ3v) is 7.20. The molecule has 2 heterocycles. The van der Waals surface area contributed by atoms with E-state index in [1.54, 1.807) is 52.7 Å². The number of carbonyl (C=O) groups excluding carboxylic acids is 1. The van der Waals surface area contributed by atoms with Crippen LogP contribution in [0.1, 0.15) is 53.4 Å². The minimum atomic E-state index is -0.528. The van der Waals surface area contributed by atoms with E-state index in [9.17, 15) is 4.79 Å². The van der Waals surface area contributed by atoms with Gasteiger partial charge in [-0.2, -0.15) is 5.10 Å².